The summed E-state index contributed by atoms with van der Waals surface area (Å²) in [4.78, 5) is 23.4. The molecule has 0 spiro atoms. The summed E-state index contributed by atoms with van der Waals surface area (Å²) in [5.41, 5.74) is 4.97. The van der Waals surface area contributed by atoms with Gasteiger partial charge in [0.1, 0.15) is 0 Å². The quantitative estimate of drug-likeness (QED) is 0.864. The number of nitrogens with one attached hydrogen (secondary N) is 1. The largest absolute Gasteiger partial charge is 0.449 e. The summed E-state index contributed by atoms with van der Waals surface area (Å²) >= 11 is 0. The summed E-state index contributed by atoms with van der Waals surface area (Å²) in [5.74, 6) is 0. The monoisotopic (exact) mass is 280 g/mol. The molecule has 1 N–H and O–H groups in total. The number of nitrogens with zero attached hydrogens (tertiary/aromatic N) is 1. The first kappa shape index (κ1) is 15.8. The van der Waals surface area contributed by atoms with Crippen molar-refractivity contribution >= 4 is 17.9 Å². The molecule has 0 saturated heterocycles. The number of benzene rings is 1. The molecule has 0 unspecified atom stereocenters. The van der Waals surface area contributed by atoms with E-state index in [1.165, 1.54) is 0 Å². The highest BCUT2D eigenvalue weighted by atomic mass is 16.6. The third-order valence-corrected chi connectivity index (χ3v) is 2.68. The van der Waals surface area contributed by atoms with Crippen LogP contribution >= 0.6 is 0 Å². The number of ether oxygens (including phenoxy) is 2. The summed E-state index contributed by atoms with van der Waals surface area (Å²) in [6, 6.07) is 5.38. The molecule has 0 aliphatic carbocycles. The van der Waals surface area contributed by atoms with Gasteiger partial charge in [-0.1, -0.05) is 6.07 Å². The van der Waals surface area contributed by atoms with Gasteiger partial charge in [0.05, 0.1) is 18.9 Å². The second-order valence-electron chi connectivity index (χ2n) is 4.14. The lowest BCUT2D eigenvalue weighted by Crippen LogP contribution is -2.47. The normalized spacial score (nSPS) is 9.80. The van der Waals surface area contributed by atoms with Crippen LogP contribution in [-0.4, -0.2) is 25.4 Å². The van der Waals surface area contributed by atoms with E-state index in [9.17, 15) is 9.59 Å². The van der Waals surface area contributed by atoms with Gasteiger partial charge in [-0.25, -0.2) is 15.0 Å². The van der Waals surface area contributed by atoms with Crippen molar-refractivity contribution in [2.24, 2.45) is 0 Å². The topological polar surface area (TPSA) is 67.9 Å². The molecule has 0 atom stereocenters. The molecule has 0 saturated carbocycles. The van der Waals surface area contributed by atoms with E-state index in [0.717, 1.165) is 16.1 Å². The van der Waals surface area contributed by atoms with Crippen LogP contribution < -0.4 is 10.4 Å². The Labute approximate surface area is 118 Å². The van der Waals surface area contributed by atoms with Gasteiger partial charge in [0.25, 0.3) is 0 Å². The van der Waals surface area contributed by atoms with Crippen molar-refractivity contribution in [1.29, 1.82) is 0 Å². The van der Waals surface area contributed by atoms with Crippen LogP contribution in [-0.2, 0) is 9.47 Å². The third-order valence-electron chi connectivity index (χ3n) is 2.68. The molecule has 0 aliphatic rings. The van der Waals surface area contributed by atoms with E-state index in [4.69, 9.17) is 9.47 Å². The first-order valence-electron chi connectivity index (χ1n) is 6.47. The molecule has 0 bridgehead atoms. The molecule has 2 amide bonds. The van der Waals surface area contributed by atoms with Crippen LogP contribution in [0.4, 0.5) is 15.3 Å². The van der Waals surface area contributed by atoms with Crippen molar-refractivity contribution < 1.29 is 19.1 Å². The van der Waals surface area contributed by atoms with Gasteiger partial charge in [0.2, 0.25) is 0 Å². The van der Waals surface area contributed by atoms with Crippen LogP contribution in [0.2, 0.25) is 0 Å². The van der Waals surface area contributed by atoms with E-state index < -0.39 is 12.2 Å². The lowest BCUT2D eigenvalue weighted by atomic mass is 10.1. The zero-order chi connectivity index (χ0) is 15.1. The minimum Gasteiger partial charge on any atom is -0.449 e. The standard InChI is InChI=1S/C14H20N2O4/c1-5-19-13(17)15-16(14(18)20-6-2)12-8-7-10(3)11(4)9-12/h7-9H,5-6H2,1-4H3,(H,15,17). The minimum absolute atomic E-state index is 0.213. The van der Waals surface area contributed by atoms with Gasteiger partial charge >= 0.3 is 12.2 Å². The first-order chi connectivity index (χ1) is 9.49. The van der Waals surface area contributed by atoms with Crippen molar-refractivity contribution in [1.82, 2.24) is 5.43 Å². The predicted molar refractivity (Wildman–Crippen MR) is 75.6 cm³/mol. The maximum Gasteiger partial charge on any atom is 0.433 e. The molecule has 0 radical (unpaired) electrons. The minimum atomic E-state index is -0.709. The number of amides is 2. The maximum atomic E-state index is 11.9. The summed E-state index contributed by atoms with van der Waals surface area (Å²) < 4.78 is 9.70. The summed E-state index contributed by atoms with van der Waals surface area (Å²) in [6.45, 7) is 7.70. The third kappa shape index (κ3) is 4.15. The Kier molecular flexibility index (Phi) is 5.83. The summed E-state index contributed by atoms with van der Waals surface area (Å²) in [7, 11) is 0. The van der Waals surface area contributed by atoms with E-state index >= 15 is 0 Å². The first-order valence-corrected chi connectivity index (χ1v) is 6.47. The number of hydrazine groups is 1. The molecule has 6 nitrogen and oxygen atoms in total. The number of aryl methyl sites for hydroxylation is 2. The Bertz CT molecular complexity index is 488. The van der Waals surface area contributed by atoms with Gasteiger partial charge in [-0.3, -0.25) is 0 Å². The second-order valence-corrected chi connectivity index (χ2v) is 4.14. The molecule has 1 aromatic carbocycles. The number of carbonyl (C=O) groups is 2. The van der Waals surface area contributed by atoms with Crippen LogP contribution in [0.15, 0.2) is 18.2 Å². The van der Waals surface area contributed by atoms with E-state index in [1.54, 1.807) is 26.0 Å². The molecule has 1 rings (SSSR count). The molecule has 0 aliphatic heterocycles. The Hall–Kier alpha value is -2.24. The number of carbonyl (C=O) groups excluding carboxylic acids is 2. The molecular weight excluding hydrogens is 260 g/mol. The van der Waals surface area contributed by atoms with E-state index in [2.05, 4.69) is 5.43 Å². The molecule has 6 heteroatoms. The van der Waals surface area contributed by atoms with Crippen molar-refractivity contribution in [3.8, 4) is 0 Å². The highest BCUT2D eigenvalue weighted by Gasteiger charge is 2.20. The van der Waals surface area contributed by atoms with Gasteiger partial charge in [0.15, 0.2) is 0 Å². The number of hydrogen-bond acceptors (Lipinski definition) is 4. The number of anilines is 1. The van der Waals surface area contributed by atoms with Crippen LogP contribution in [0.1, 0.15) is 25.0 Å². The predicted octanol–water partition coefficient (Wildman–Crippen LogP) is 2.93. The summed E-state index contributed by atoms with van der Waals surface area (Å²) in [6.07, 6.45) is -1.37. The number of rotatable bonds is 3. The maximum absolute atomic E-state index is 11.9. The van der Waals surface area contributed by atoms with Crippen LogP contribution in [0, 0.1) is 13.8 Å². The van der Waals surface area contributed by atoms with Crippen molar-refractivity contribution in [3.05, 3.63) is 29.3 Å². The fourth-order valence-corrected chi connectivity index (χ4v) is 1.52. The fraction of sp³-hybridized carbons (Fsp3) is 0.429. The van der Waals surface area contributed by atoms with Crippen molar-refractivity contribution in [3.63, 3.8) is 0 Å². The smallest absolute Gasteiger partial charge is 0.433 e. The molecule has 0 fully saturated rings. The summed E-state index contributed by atoms with van der Waals surface area (Å²) in [5, 5.41) is 1.04. The second kappa shape index (κ2) is 7.37. The SMILES string of the molecule is CCOC(=O)NN(C(=O)OCC)c1ccc(C)c(C)c1. The Morgan fingerprint density at radius 3 is 2.30 bits per heavy atom. The molecule has 0 heterocycles. The fourth-order valence-electron chi connectivity index (χ4n) is 1.52. The highest BCUT2D eigenvalue weighted by molar-refractivity contribution is 5.90. The van der Waals surface area contributed by atoms with E-state index in [1.807, 2.05) is 19.9 Å². The van der Waals surface area contributed by atoms with Crippen molar-refractivity contribution in [2.75, 3.05) is 18.2 Å². The van der Waals surface area contributed by atoms with Crippen LogP contribution in [0.5, 0.6) is 0 Å². The van der Waals surface area contributed by atoms with Crippen LogP contribution in [0.3, 0.4) is 0 Å². The average Bonchev–Trinajstić information content (AvgIpc) is 2.40. The lowest BCUT2D eigenvalue weighted by molar-refractivity contribution is 0.138. The molecule has 110 valence electrons. The Balaban J connectivity index is 2.99. The van der Waals surface area contributed by atoms with Gasteiger partial charge < -0.3 is 9.47 Å². The van der Waals surface area contributed by atoms with Crippen molar-refractivity contribution in [2.45, 2.75) is 27.7 Å². The molecule has 0 aromatic heterocycles. The lowest BCUT2D eigenvalue weighted by Gasteiger charge is -2.22. The Morgan fingerprint density at radius 1 is 1.10 bits per heavy atom. The zero-order valence-corrected chi connectivity index (χ0v) is 12.2. The van der Waals surface area contributed by atoms with E-state index in [0.29, 0.717) is 5.69 Å². The molecule has 1 aromatic rings. The van der Waals surface area contributed by atoms with Gasteiger partial charge in [-0.05, 0) is 51.0 Å². The number of hydrogen-bond donors (Lipinski definition) is 1. The average molecular weight is 280 g/mol. The zero-order valence-electron chi connectivity index (χ0n) is 12.2. The molecule has 20 heavy (non-hydrogen) atoms. The van der Waals surface area contributed by atoms with E-state index in [-0.39, 0.29) is 13.2 Å². The van der Waals surface area contributed by atoms with Crippen LogP contribution in [0.25, 0.3) is 0 Å². The van der Waals surface area contributed by atoms with Gasteiger partial charge in [-0.2, -0.15) is 5.01 Å². The highest BCUT2D eigenvalue weighted by Crippen LogP contribution is 2.18. The van der Waals surface area contributed by atoms with Gasteiger partial charge in [0, 0.05) is 0 Å². The Morgan fingerprint density at radius 2 is 1.75 bits per heavy atom. The van der Waals surface area contributed by atoms with Gasteiger partial charge in [-0.15, -0.1) is 0 Å². The molecular formula is C14H20N2O4.